The van der Waals surface area contributed by atoms with Crippen LogP contribution in [0.4, 0.5) is 10.1 Å². The Morgan fingerprint density at radius 2 is 2.23 bits per heavy atom. The summed E-state index contributed by atoms with van der Waals surface area (Å²) in [4.78, 5) is 13.3. The summed E-state index contributed by atoms with van der Waals surface area (Å²) in [6.45, 7) is 2.75. The van der Waals surface area contributed by atoms with Gasteiger partial charge in [0.25, 0.3) is 0 Å². The van der Waals surface area contributed by atoms with Gasteiger partial charge in [-0.2, -0.15) is 0 Å². The molecule has 0 bridgehead atoms. The van der Waals surface area contributed by atoms with E-state index < -0.39 is 5.82 Å². The Hall–Kier alpha value is -1.90. The van der Waals surface area contributed by atoms with Gasteiger partial charge in [0.2, 0.25) is 5.91 Å². The molecular weight excluding hydrogens is 395 g/mol. The predicted octanol–water partition coefficient (Wildman–Crippen LogP) is 4.47. The molecule has 0 spiro atoms. The first kappa shape index (κ1) is 18.9. The van der Waals surface area contributed by atoms with Crippen molar-refractivity contribution in [1.29, 1.82) is 0 Å². The van der Waals surface area contributed by atoms with Gasteiger partial charge >= 0.3 is 0 Å². The monoisotopic (exact) mass is 410 g/mol. The maximum Gasteiger partial charge on any atom is 0.234 e. The number of rotatable bonds is 7. The zero-order valence-corrected chi connectivity index (χ0v) is 16.3. The van der Waals surface area contributed by atoms with Crippen LogP contribution in [-0.4, -0.2) is 26.4 Å². The molecule has 0 aliphatic rings. The third kappa shape index (κ3) is 4.63. The van der Waals surface area contributed by atoms with E-state index in [2.05, 4.69) is 21.6 Å². The summed E-state index contributed by atoms with van der Waals surface area (Å²) in [5, 5.41) is 13.9. The number of nitrogens with zero attached hydrogens (tertiary/aromatic N) is 3. The molecule has 2 aromatic heterocycles. The molecule has 2 heterocycles. The summed E-state index contributed by atoms with van der Waals surface area (Å²) < 4.78 is 15.2. The lowest BCUT2D eigenvalue weighted by Gasteiger charge is -2.08. The summed E-state index contributed by atoms with van der Waals surface area (Å²) in [6, 6.07) is 8.14. The van der Waals surface area contributed by atoms with E-state index in [4.69, 9.17) is 11.6 Å². The summed E-state index contributed by atoms with van der Waals surface area (Å²) in [7, 11) is 0. The molecule has 1 N–H and O–H groups in total. The Balaban J connectivity index is 1.61. The molecule has 26 heavy (non-hydrogen) atoms. The normalized spacial score (nSPS) is 10.9. The van der Waals surface area contributed by atoms with Gasteiger partial charge in [-0.25, -0.2) is 4.39 Å². The second-order valence-corrected chi connectivity index (χ2v) is 7.75. The van der Waals surface area contributed by atoms with Crippen molar-refractivity contribution in [2.75, 3.05) is 11.1 Å². The van der Waals surface area contributed by atoms with Crippen LogP contribution in [0.1, 0.15) is 17.6 Å². The Morgan fingerprint density at radius 3 is 2.92 bits per heavy atom. The van der Waals surface area contributed by atoms with Crippen LogP contribution in [-0.2, 0) is 17.8 Å². The molecule has 136 valence electrons. The van der Waals surface area contributed by atoms with Crippen molar-refractivity contribution in [3.05, 3.63) is 57.3 Å². The highest BCUT2D eigenvalue weighted by atomic mass is 35.5. The molecule has 1 aromatic carbocycles. The lowest BCUT2D eigenvalue weighted by atomic mass is 10.3. The molecule has 0 aliphatic heterocycles. The van der Waals surface area contributed by atoms with E-state index in [9.17, 15) is 9.18 Å². The number of thioether (sulfide) groups is 1. The van der Waals surface area contributed by atoms with Crippen LogP contribution in [0.15, 0.2) is 40.9 Å². The highest BCUT2D eigenvalue weighted by Crippen LogP contribution is 2.22. The molecule has 1 amide bonds. The van der Waals surface area contributed by atoms with E-state index in [0.29, 0.717) is 10.8 Å². The minimum atomic E-state index is -0.520. The van der Waals surface area contributed by atoms with E-state index >= 15 is 0 Å². The van der Waals surface area contributed by atoms with Crippen LogP contribution < -0.4 is 5.32 Å². The number of hydrogen-bond acceptors (Lipinski definition) is 5. The van der Waals surface area contributed by atoms with Crippen LogP contribution >= 0.6 is 34.7 Å². The fraction of sp³-hybridized carbons (Fsp3) is 0.235. The molecule has 0 saturated carbocycles. The summed E-state index contributed by atoms with van der Waals surface area (Å²) >= 11 is 8.71. The van der Waals surface area contributed by atoms with E-state index in [1.54, 1.807) is 11.3 Å². The molecular formula is C17H16ClFN4OS2. The van der Waals surface area contributed by atoms with Crippen molar-refractivity contribution in [1.82, 2.24) is 14.8 Å². The molecule has 3 aromatic rings. The van der Waals surface area contributed by atoms with Gasteiger partial charge in [-0.05, 0) is 36.6 Å². The van der Waals surface area contributed by atoms with Gasteiger partial charge in [0.15, 0.2) is 5.16 Å². The molecule has 0 aliphatic carbocycles. The Kier molecular flexibility index (Phi) is 6.29. The van der Waals surface area contributed by atoms with E-state index in [0.717, 1.165) is 18.8 Å². The third-order valence-corrected chi connectivity index (χ3v) is 5.69. The van der Waals surface area contributed by atoms with Gasteiger partial charge in [-0.3, -0.25) is 4.79 Å². The summed E-state index contributed by atoms with van der Waals surface area (Å²) in [6.07, 6.45) is 0.722. The minimum absolute atomic E-state index is 0.0283. The number of halogens is 2. The zero-order chi connectivity index (χ0) is 18.5. The molecule has 0 fully saturated rings. The smallest absolute Gasteiger partial charge is 0.234 e. The standard InChI is InChI=1S/C17H16ClFN4OS2/c1-2-23-15(9-12-4-3-7-25-12)21-22-17(23)26-10-16(24)20-11-5-6-14(19)13(18)8-11/h3-8H,2,9-10H2,1H3,(H,20,24). The third-order valence-electron chi connectivity index (χ3n) is 3.56. The molecule has 3 rings (SSSR count). The van der Waals surface area contributed by atoms with Gasteiger partial charge in [0.1, 0.15) is 11.6 Å². The van der Waals surface area contributed by atoms with Crippen molar-refractivity contribution >= 4 is 46.3 Å². The number of anilines is 1. The molecule has 9 heteroatoms. The maximum absolute atomic E-state index is 13.2. The highest BCUT2D eigenvalue weighted by Gasteiger charge is 2.14. The summed E-state index contributed by atoms with van der Waals surface area (Å²) in [5.41, 5.74) is 0.456. The van der Waals surface area contributed by atoms with Crippen LogP contribution in [0.25, 0.3) is 0 Å². The molecule has 5 nitrogen and oxygen atoms in total. The number of thiophene rings is 1. The lowest BCUT2D eigenvalue weighted by Crippen LogP contribution is -2.14. The first-order valence-electron chi connectivity index (χ1n) is 7.89. The first-order valence-corrected chi connectivity index (χ1v) is 10.1. The molecule has 0 saturated heterocycles. The number of amides is 1. The largest absolute Gasteiger partial charge is 0.325 e. The van der Waals surface area contributed by atoms with Gasteiger partial charge in [-0.1, -0.05) is 29.4 Å². The van der Waals surface area contributed by atoms with Gasteiger partial charge in [-0.15, -0.1) is 21.5 Å². The van der Waals surface area contributed by atoms with E-state index in [1.165, 1.54) is 34.8 Å². The zero-order valence-electron chi connectivity index (χ0n) is 13.9. The number of carbonyl (C=O) groups is 1. The van der Waals surface area contributed by atoms with E-state index in [-0.39, 0.29) is 16.7 Å². The molecule has 0 radical (unpaired) electrons. The number of hydrogen-bond donors (Lipinski definition) is 1. The van der Waals surface area contributed by atoms with Crippen LogP contribution in [0, 0.1) is 5.82 Å². The van der Waals surface area contributed by atoms with E-state index in [1.807, 2.05) is 22.9 Å². The Labute approximate surface area is 163 Å². The second kappa shape index (κ2) is 8.66. The van der Waals surface area contributed by atoms with Gasteiger partial charge in [0, 0.05) is 23.5 Å². The minimum Gasteiger partial charge on any atom is -0.325 e. The van der Waals surface area contributed by atoms with Crippen molar-refractivity contribution < 1.29 is 9.18 Å². The van der Waals surface area contributed by atoms with Crippen LogP contribution in [0.2, 0.25) is 5.02 Å². The molecule has 0 unspecified atom stereocenters. The average molecular weight is 411 g/mol. The Morgan fingerprint density at radius 1 is 1.38 bits per heavy atom. The van der Waals surface area contributed by atoms with Crippen molar-refractivity contribution in [2.45, 2.75) is 25.0 Å². The fourth-order valence-corrected chi connectivity index (χ4v) is 4.05. The van der Waals surface area contributed by atoms with Gasteiger partial charge < -0.3 is 9.88 Å². The van der Waals surface area contributed by atoms with Crippen LogP contribution in [0.3, 0.4) is 0 Å². The number of aromatic nitrogens is 3. The van der Waals surface area contributed by atoms with Crippen molar-refractivity contribution in [2.24, 2.45) is 0 Å². The van der Waals surface area contributed by atoms with Crippen molar-refractivity contribution in [3.63, 3.8) is 0 Å². The SMILES string of the molecule is CCn1c(Cc2cccs2)nnc1SCC(=O)Nc1ccc(F)c(Cl)c1. The number of carbonyl (C=O) groups excluding carboxylic acids is 1. The van der Waals surface area contributed by atoms with Crippen molar-refractivity contribution in [3.8, 4) is 0 Å². The molecule has 0 atom stereocenters. The maximum atomic E-state index is 13.2. The first-order chi connectivity index (χ1) is 12.6. The highest BCUT2D eigenvalue weighted by molar-refractivity contribution is 7.99. The fourth-order valence-electron chi connectivity index (χ4n) is 2.34. The number of benzene rings is 1. The predicted molar refractivity (Wildman–Crippen MR) is 104 cm³/mol. The Bertz CT molecular complexity index is 898. The second-order valence-electron chi connectivity index (χ2n) is 5.36. The average Bonchev–Trinajstić information content (AvgIpc) is 3.26. The van der Waals surface area contributed by atoms with Crippen LogP contribution in [0.5, 0.6) is 0 Å². The number of nitrogens with one attached hydrogen (secondary N) is 1. The topological polar surface area (TPSA) is 59.8 Å². The lowest BCUT2D eigenvalue weighted by molar-refractivity contribution is -0.113. The quantitative estimate of drug-likeness (QED) is 0.583. The van der Waals surface area contributed by atoms with Gasteiger partial charge in [0.05, 0.1) is 10.8 Å². The summed E-state index contributed by atoms with van der Waals surface area (Å²) in [5.74, 6) is 0.311.